The summed E-state index contributed by atoms with van der Waals surface area (Å²) in [6.07, 6.45) is 4.27. The first-order chi connectivity index (χ1) is 5.55. The van der Waals surface area contributed by atoms with Crippen molar-refractivity contribution in [3.05, 3.63) is 0 Å². The highest BCUT2D eigenvalue weighted by atomic mass is 32.2. The van der Waals surface area contributed by atoms with E-state index in [1.165, 1.54) is 25.0 Å². The van der Waals surface area contributed by atoms with E-state index in [0.717, 1.165) is 11.2 Å². The molecule has 0 aromatic rings. The monoisotopic (exact) mass is 186 g/mol. The van der Waals surface area contributed by atoms with Gasteiger partial charge < -0.3 is 0 Å². The predicted octanol–water partition coefficient (Wildman–Crippen LogP) is 3.95. The molecule has 1 heterocycles. The number of thioether (sulfide) groups is 1. The molecule has 0 N–H and O–H groups in total. The van der Waals surface area contributed by atoms with Gasteiger partial charge in [0.1, 0.15) is 0 Å². The zero-order chi connectivity index (χ0) is 9.19. The second-order valence-electron chi connectivity index (χ2n) is 4.97. The minimum atomic E-state index is 0.506. The Bertz CT molecular complexity index is 134. The third kappa shape index (κ3) is 2.42. The molecule has 0 saturated carbocycles. The van der Waals surface area contributed by atoms with Gasteiger partial charge in [0, 0.05) is 5.25 Å². The fraction of sp³-hybridized carbons (Fsp3) is 1.00. The minimum Gasteiger partial charge on any atom is -0.158 e. The van der Waals surface area contributed by atoms with E-state index in [1.54, 1.807) is 0 Å². The summed E-state index contributed by atoms with van der Waals surface area (Å²) in [5.74, 6) is 2.36. The molecule has 12 heavy (non-hydrogen) atoms. The van der Waals surface area contributed by atoms with Gasteiger partial charge in [-0.1, -0.05) is 34.1 Å². The van der Waals surface area contributed by atoms with Crippen molar-refractivity contribution in [3.8, 4) is 0 Å². The molecule has 0 amide bonds. The summed E-state index contributed by atoms with van der Waals surface area (Å²) in [6, 6.07) is 0. The summed E-state index contributed by atoms with van der Waals surface area (Å²) in [5, 5.41) is 0.899. The lowest BCUT2D eigenvalue weighted by molar-refractivity contribution is 0.283. The molecule has 1 rings (SSSR count). The van der Waals surface area contributed by atoms with E-state index in [0.29, 0.717) is 5.41 Å². The number of rotatable bonds is 1. The SMILES string of the molecule is CCC1CCCSC1C(C)(C)C. The summed E-state index contributed by atoms with van der Waals surface area (Å²) < 4.78 is 0. The molecule has 1 fully saturated rings. The molecule has 0 bridgehead atoms. The van der Waals surface area contributed by atoms with Crippen LogP contribution in [0.5, 0.6) is 0 Å². The topological polar surface area (TPSA) is 0 Å². The Balaban J connectivity index is 2.59. The first-order valence-corrected chi connectivity index (χ1v) is 6.22. The van der Waals surface area contributed by atoms with Crippen molar-refractivity contribution in [2.24, 2.45) is 11.3 Å². The van der Waals surface area contributed by atoms with Crippen molar-refractivity contribution in [2.75, 3.05) is 5.75 Å². The van der Waals surface area contributed by atoms with Crippen molar-refractivity contribution in [3.63, 3.8) is 0 Å². The molecule has 0 spiro atoms. The molecule has 0 aliphatic carbocycles. The van der Waals surface area contributed by atoms with Crippen molar-refractivity contribution in [1.82, 2.24) is 0 Å². The lowest BCUT2D eigenvalue weighted by atomic mass is 9.80. The first-order valence-electron chi connectivity index (χ1n) is 5.17. The van der Waals surface area contributed by atoms with E-state index >= 15 is 0 Å². The third-order valence-electron chi connectivity index (χ3n) is 2.82. The molecule has 1 saturated heterocycles. The van der Waals surface area contributed by atoms with Gasteiger partial charge in [0.25, 0.3) is 0 Å². The van der Waals surface area contributed by atoms with Crippen LogP contribution in [-0.4, -0.2) is 11.0 Å². The molecule has 0 radical (unpaired) electrons. The van der Waals surface area contributed by atoms with Crippen molar-refractivity contribution in [2.45, 2.75) is 52.2 Å². The predicted molar refractivity (Wildman–Crippen MR) is 58.7 cm³/mol. The van der Waals surface area contributed by atoms with Gasteiger partial charge in [-0.3, -0.25) is 0 Å². The first kappa shape index (κ1) is 10.4. The smallest absolute Gasteiger partial charge is 0.0124 e. The van der Waals surface area contributed by atoms with Gasteiger partial charge in [-0.25, -0.2) is 0 Å². The summed E-state index contributed by atoms with van der Waals surface area (Å²) in [7, 11) is 0. The Hall–Kier alpha value is 0.350. The summed E-state index contributed by atoms with van der Waals surface area (Å²) in [6.45, 7) is 9.51. The summed E-state index contributed by atoms with van der Waals surface area (Å²) in [5.41, 5.74) is 0.506. The lowest BCUT2D eigenvalue weighted by Gasteiger charge is -2.39. The molecular weight excluding hydrogens is 164 g/mol. The van der Waals surface area contributed by atoms with E-state index in [1.807, 2.05) is 0 Å². The Morgan fingerprint density at radius 1 is 1.33 bits per heavy atom. The Kier molecular flexibility index (Phi) is 3.51. The molecule has 1 aliphatic heterocycles. The number of hydrogen-bond acceptors (Lipinski definition) is 1. The van der Waals surface area contributed by atoms with Gasteiger partial charge in [0.05, 0.1) is 0 Å². The maximum atomic E-state index is 2.39. The van der Waals surface area contributed by atoms with Gasteiger partial charge in [0.15, 0.2) is 0 Å². The fourth-order valence-corrected chi connectivity index (χ4v) is 3.91. The molecule has 2 unspecified atom stereocenters. The maximum Gasteiger partial charge on any atom is 0.0124 e. The fourth-order valence-electron chi connectivity index (χ4n) is 2.22. The second kappa shape index (κ2) is 4.04. The molecule has 1 aliphatic rings. The lowest BCUT2D eigenvalue weighted by Crippen LogP contribution is -2.33. The zero-order valence-electron chi connectivity index (χ0n) is 8.89. The normalized spacial score (nSPS) is 32.0. The highest BCUT2D eigenvalue weighted by molar-refractivity contribution is 8.00. The second-order valence-corrected chi connectivity index (χ2v) is 6.22. The van der Waals surface area contributed by atoms with Crippen molar-refractivity contribution >= 4 is 11.8 Å². The Morgan fingerprint density at radius 3 is 2.42 bits per heavy atom. The van der Waals surface area contributed by atoms with Crippen LogP contribution in [0.25, 0.3) is 0 Å². The van der Waals surface area contributed by atoms with Gasteiger partial charge in [0.2, 0.25) is 0 Å². The molecule has 1 heteroatoms. The van der Waals surface area contributed by atoms with Crippen molar-refractivity contribution in [1.29, 1.82) is 0 Å². The minimum absolute atomic E-state index is 0.506. The molecule has 0 aromatic carbocycles. The van der Waals surface area contributed by atoms with Crippen LogP contribution in [0, 0.1) is 11.3 Å². The van der Waals surface area contributed by atoms with E-state index < -0.39 is 0 Å². The van der Waals surface area contributed by atoms with Crippen LogP contribution in [0.4, 0.5) is 0 Å². The van der Waals surface area contributed by atoms with Crippen LogP contribution in [0.3, 0.4) is 0 Å². The average Bonchev–Trinajstić information content (AvgIpc) is 2.03. The van der Waals surface area contributed by atoms with E-state index in [9.17, 15) is 0 Å². The van der Waals surface area contributed by atoms with E-state index in [-0.39, 0.29) is 0 Å². The molecular formula is C11H22S. The quantitative estimate of drug-likeness (QED) is 0.597. The van der Waals surface area contributed by atoms with E-state index in [2.05, 4.69) is 39.5 Å². The van der Waals surface area contributed by atoms with Gasteiger partial charge in [-0.2, -0.15) is 11.8 Å². The highest BCUT2D eigenvalue weighted by Crippen LogP contribution is 2.42. The Morgan fingerprint density at radius 2 is 2.00 bits per heavy atom. The molecule has 0 nitrogen and oxygen atoms in total. The van der Waals surface area contributed by atoms with Crippen LogP contribution in [0.15, 0.2) is 0 Å². The largest absolute Gasteiger partial charge is 0.158 e. The molecule has 2 atom stereocenters. The Labute approximate surface area is 81.5 Å². The number of hydrogen-bond donors (Lipinski definition) is 0. The van der Waals surface area contributed by atoms with Crippen molar-refractivity contribution < 1.29 is 0 Å². The van der Waals surface area contributed by atoms with Crippen LogP contribution in [0.1, 0.15) is 47.0 Å². The highest BCUT2D eigenvalue weighted by Gasteiger charge is 2.33. The standard InChI is InChI=1S/C11H22S/c1-5-9-7-6-8-12-10(9)11(2,3)4/h9-10H,5-8H2,1-4H3. The maximum absolute atomic E-state index is 2.39. The van der Waals surface area contributed by atoms with Crippen LogP contribution < -0.4 is 0 Å². The van der Waals surface area contributed by atoms with Gasteiger partial charge in [-0.05, 0) is 29.9 Å². The van der Waals surface area contributed by atoms with Crippen LogP contribution >= 0.6 is 11.8 Å². The van der Waals surface area contributed by atoms with Crippen LogP contribution in [0.2, 0.25) is 0 Å². The van der Waals surface area contributed by atoms with Gasteiger partial charge in [-0.15, -0.1) is 0 Å². The van der Waals surface area contributed by atoms with E-state index in [4.69, 9.17) is 0 Å². The molecule has 0 aromatic heterocycles. The average molecular weight is 186 g/mol. The van der Waals surface area contributed by atoms with Gasteiger partial charge >= 0.3 is 0 Å². The van der Waals surface area contributed by atoms with Crippen LogP contribution in [-0.2, 0) is 0 Å². The zero-order valence-corrected chi connectivity index (χ0v) is 9.71. The summed E-state index contributed by atoms with van der Waals surface area (Å²) in [4.78, 5) is 0. The summed E-state index contributed by atoms with van der Waals surface area (Å²) >= 11 is 2.20. The molecule has 72 valence electrons. The third-order valence-corrected chi connectivity index (χ3v) is 4.80.